The highest BCUT2D eigenvalue weighted by Gasteiger charge is 2.42. The summed E-state index contributed by atoms with van der Waals surface area (Å²) in [7, 11) is 0. The van der Waals surface area contributed by atoms with E-state index in [0.29, 0.717) is 18.8 Å². The smallest absolute Gasteiger partial charge is 0.130 e. The van der Waals surface area contributed by atoms with Gasteiger partial charge in [-0.3, -0.25) is 0 Å². The second-order valence-corrected chi connectivity index (χ2v) is 3.84. The zero-order valence-corrected chi connectivity index (χ0v) is 9.10. The van der Waals surface area contributed by atoms with Gasteiger partial charge in [0.05, 0.1) is 6.10 Å². The van der Waals surface area contributed by atoms with Gasteiger partial charge in [0.15, 0.2) is 0 Å². The first-order chi connectivity index (χ1) is 7.70. The fraction of sp³-hybridized carbons (Fsp3) is 0.500. The van der Waals surface area contributed by atoms with Gasteiger partial charge in [-0.25, -0.2) is 4.39 Å². The first kappa shape index (κ1) is 11.4. The van der Waals surface area contributed by atoms with Crippen LogP contribution >= 0.6 is 0 Å². The summed E-state index contributed by atoms with van der Waals surface area (Å²) in [5.41, 5.74) is 0. The van der Waals surface area contributed by atoms with Gasteiger partial charge in [0.2, 0.25) is 0 Å². The Labute approximate surface area is 93.8 Å². The largest absolute Gasteiger partial charge is 0.487 e. The number of hydrogen-bond donors (Lipinski definition) is 1. The lowest BCUT2D eigenvalue weighted by molar-refractivity contribution is -0.160. The minimum absolute atomic E-state index is 0.184. The van der Waals surface area contributed by atoms with E-state index in [1.807, 2.05) is 6.92 Å². The second kappa shape index (κ2) is 4.80. The number of rotatable bonds is 4. The van der Waals surface area contributed by atoms with Crippen molar-refractivity contribution in [1.82, 2.24) is 0 Å². The molecular weight excluding hydrogens is 211 g/mol. The summed E-state index contributed by atoms with van der Waals surface area (Å²) < 4.78 is 23.8. The number of hydrogen-bond acceptors (Lipinski definition) is 3. The maximum atomic E-state index is 12.9. The molecule has 1 aliphatic carbocycles. The molecule has 16 heavy (non-hydrogen) atoms. The molecule has 1 fully saturated rings. The van der Waals surface area contributed by atoms with Crippen LogP contribution in [0.2, 0.25) is 0 Å². The molecule has 0 amide bonds. The third-order valence-corrected chi connectivity index (χ3v) is 2.66. The highest BCUT2D eigenvalue weighted by molar-refractivity contribution is 5.23. The number of benzene rings is 1. The van der Waals surface area contributed by atoms with E-state index < -0.39 is 6.10 Å². The summed E-state index contributed by atoms with van der Waals surface area (Å²) in [6.07, 6.45) is -0.426. The van der Waals surface area contributed by atoms with Crippen LogP contribution < -0.4 is 4.74 Å². The number of ether oxygens (including phenoxy) is 2. The molecule has 0 aromatic heterocycles. The summed E-state index contributed by atoms with van der Waals surface area (Å²) in [5, 5.41) is 9.46. The first-order valence-corrected chi connectivity index (χ1v) is 5.42. The third kappa shape index (κ3) is 2.33. The Balaban J connectivity index is 1.95. The van der Waals surface area contributed by atoms with Gasteiger partial charge in [-0.05, 0) is 19.1 Å². The van der Waals surface area contributed by atoms with Gasteiger partial charge in [-0.15, -0.1) is 0 Å². The lowest BCUT2D eigenvalue weighted by Crippen LogP contribution is -2.55. The van der Waals surface area contributed by atoms with Gasteiger partial charge in [0, 0.05) is 19.1 Å². The number of halogens is 1. The van der Waals surface area contributed by atoms with Crippen molar-refractivity contribution in [2.75, 3.05) is 6.61 Å². The van der Waals surface area contributed by atoms with E-state index in [1.165, 1.54) is 12.1 Å². The fourth-order valence-electron chi connectivity index (χ4n) is 1.80. The molecule has 1 aromatic carbocycles. The standard InChI is InChI=1S/C12H15FO3/c1-2-15-12-10(14)7-11(12)16-9-5-3-4-8(13)6-9/h3-6,10-12,14H,2,7H2,1H3. The van der Waals surface area contributed by atoms with Gasteiger partial charge < -0.3 is 14.6 Å². The Hall–Kier alpha value is -1.13. The molecule has 0 spiro atoms. The van der Waals surface area contributed by atoms with Crippen molar-refractivity contribution in [3.8, 4) is 5.75 Å². The second-order valence-electron chi connectivity index (χ2n) is 3.84. The van der Waals surface area contributed by atoms with Crippen LogP contribution in [0.3, 0.4) is 0 Å². The van der Waals surface area contributed by atoms with Crippen molar-refractivity contribution in [3.63, 3.8) is 0 Å². The lowest BCUT2D eigenvalue weighted by atomic mass is 9.88. The van der Waals surface area contributed by atoms with E-state index in [0.717, 1.165) is 0 Å². The molecule has 1 aliphatic rings. The number of aliphatic hydroxyl groups excluding tert-OH is 1. The molecular formula is C12H15FO3. The van der Waals surface area contributed by atoms with Crippen LogP contribution in [0.25, 0.3) is 0 Å². The molecule has 0 bridgehead atoms. The first-order valence-electron chi connectivity index (χ1n) is 5.42. The highest BCUT2D eigenvalue weighted by atomic mass is 19.1. The molecule has 3 nitrogen and oxygen atoms in total. The minimum atomic E-state index is -0.474. The van der Waals surface area contributed by atoms with E-state index in [4.69, 9.17) is 9.47 Å². The molecule has 0 saturated heterocycles. The van der Waals surface area contributed by atoms with Crippen LogP contribution in [-0.2, 0) is 4.74 Å². The van der Waals surface area contributed by atoms with Crippen molar-refractivity contribution in [1.29, 1.82) is 0 Å². The monoisotopic (exact) mass is 226 g/mol. The van der Waals surface area contributed by atoms with Gasteiger partial charge >= 0.3 is 0 Å². The van der Waals surface area contributed by atoms with E-state index in [9.17, 15) is 9.50 Å². The molecule has 4 heteroatoms. The Kier molecular flexibility index (Phi) is 3.41. The molecule has 1 saturated carbocycles. The topological polar surface area (TPSA) is 38.7 Å². The SMILES string of the molecule is CCOC1C(O)CC1Oc1cccc(F)c1. The van der Waals surface area contributed by atoms with Gasteiger partial charge in [0.1, 0.15) is 23.8 Å². The summed E-state index contributed by atoms with van der Waals surface area (Å²) in [4.78, 5) is 0. The summed E-state index contributed by atoms with van der Waals surface area (Å²) in [6, 6.07) is 5.97. The maximum Gasteiger partial charge on any atom is 0.130 e. The summed E-state index contributed by atoms with van der Waals surface area (Å²) in [6.45, 7) is 2.40. The highest BCUT2D eigenvalue weighted by Crippen LogP contribution is 2.29. The molecule has 0 radical (unpaired) electrons. The van der Waals surface area contributed by atoms with Crippen molar-refractivity contribution in [3.05, 3.63) is 30.1 Å². The Bertz CT molecular complexity index is 356. The molecule has 1 N–H and O–H groups in total. The number of aliphatic hydroxyl groups is 1. The van der Waals surface area contributed by atoms with E-state index in [1.54, 1.807) is 12.1 Å². The zero-order valence-electron chi connectivity index (χ0n) is 9.10. The normalized spacial score (nSPS) is 28.6. The molecule has 3 unspecified atom stereocenters. The quantitative estimate of drug-likeness (QED) is 0.850. The molecule has 2 rings (SSSR count). The summed E-state index contributed by atoms with van der Waals surface area (Å²) in [5.74, 6) is 0.145. The average molecular weight is 226 g/mol. The van der Waals surface area contributed by atoms with E-state index in [2.05, 4.69) is 0 Å². The van der Waals surface area contributed by atoms with Crippen LogP contribution in [0.15, 0.2) is 24.3 Å². The van der Waals surface area contributed by atoms with Crippen LogP contribution in [0, 0.1) is 5.82 Å². The predicted octanol–water partition coefficient (Wildman–Crippen LogP) is 1.74. The molecule has 88 valence electrons. The zero-order chi connectivity index (χ0) is 11.5. The van der Waals surface area contributed by atoms with E-state index in [-0.39, 0.29) is 18.0 Å². The van der Waals surface area contributed by atoms with Crippen LogP contribution in [0.4, 0.5) is 4.39 Å². The van der Waals surface area contributed by atoms with Crippen LogP contribution in [0.5, 0.6) is 5.75 Å². The van der Waals surface area contributed by atoms with Crippen molar-refractivity contribution in [2.24, 2.45) is 0 Å². The van der Waals surface area contributed by atoms with E-state index >= 15 is 0 Å². The van der Waals surface area contributed by atoms with Crippen LogP contribution in [0.1, 0.15) is 13.3 Å². The average Bonchev–Trinajstić information content (AvgIpc) is 2.26. The molecule has 0 heterocycles. The third-order valence-electron chi connectivity index (χ3n) is 2.66. The Morgan fingerprint density at radius 2 is 2.31 bits per heavy atom. The Morgan fingerprint density at radius 1 is 1.50 bits per heavy atom. The fourth-order valence-corrected chi connectivity index (χ4v) is 1.80. The van der Waals surface area contributed by atoms with Gasteiger partial charge in [-0.1, -0.05) is 6.07 Å². The van der Waals surface area contributed by atoms with Crippen molar-refractivity contribution >= 4 is 0 Å². The van der Waals surface area contributed by atoms with Crippen molar-refractivity contribution in [2.45, 2.75) is 31.7 Å². The maximum absolute atomic E-state index is 12.9. The lowest BCUT2D eigenvalue weighted by Gasteiger charge is -2.40. The van der Waals surface area contributed by atoms with Gasteiger partial charge in [-0.2, -0.15) is 0 Å². The van der Waals surface area contributed by atoms with Crippen molar-refractivity contribution < 1.29 is 19.0 Å². The molecule has 0 aliphatic heterocycles. The molecule has 1 aromatic rings. The predicted molar refractivity (Wildman–Crippen MR) is 56.9 cm³/mol. The Morgan fingerprint density at radius 3 is 2.94 bits per heavy atom. The minimum Gasteiger partial charge on any atom is -0.487 e. The van der Waals surface area contributed by atoms with Crippen LogP contribution in [-0.4, -0.2) is 30.0 Å². The summed E-state index contributed by atoms with van der Waals surface area (Å²) >= 11 is 0. The van der Waals surface area contributed by atoms with Gasteiger partial charge in [0.25, 0.3) is 0 Å². The molecule has 3 atom stereocenters.